The van der Waals surface area contributed by atoms with E-state index in [0.29, 0.717) is 12.2 Å². The molecule has 0 fully saturated rings. The highest BCUT2D eigenvalue weighted by Gasteiger charge is 2.03. The van der Waals surface area contributed by atoms with Crippen LogP contribution in [0.1, 0.15) is 65.2 Å². The lowest BCUT2D eigenvalue weighted by Crippen LogP contribution is -1.97. The molecule has 1 nitrogen and oxygen atoms in total. The molecule has 1 unspecified atom stereocenters. The van der Waals surface area contributed by atoms with Crippen LogP contribution in [0, 0.1) is 17.8 Å². The van der Waals surface area contributed by atoms with Crippen molar-refractivity contribution in [1.82, 2.24) is 0 Å². The zero-order valence-corrected chi connectivity index (χ0v) is 10.2. The molecule has 1 heteroatoms. The van der Waals surface area contributed by atoms with Crippen LogP contribution in [0.3, 0.4) is 0 Å². The van der Waals surface area contributed by atoms with Crippen molar-refractivity contribution in [3.63, 3.8) is 0 Å². The zero-order chi connectivity index (χ0) is 11.4. The van der Waals surface area contributed by atoms with E-state index in [1.54, 1.807) is 0 Å². The molecule has 0 aliphatic carbocycles. The van der Waals surface area contributed by atoms with Crippen molar-refractivity contribution in [3.05, 3.63) is 0 Å². The number of carbonyl (C=O) groups is 1. The quantitative estimate of drug-likeness (QED) is 0.335. The van der Waals surface area contributed by atoms with Crippen LogP contribution in [-0.2, 0) is 4.79 Å². The first-order chi connectivity index (χ1) is 7.35. The third kappa shape index (κ3) is 9.53. The van der Waals surface area contributed by atoms with E-state index in [-0.39, 0.29) is 0 Å². The Kier molecular flexibility index (Phi) is 10.7. The fourth-order valence-corrected chi connectivity index (χ4v) is 1.71. The van der Waals surface area contributed by atoms with Crippen molar-refractivity contribution < 1.29 is 4.79 Å². The number of carbonyl (C=O) groups excluding carboxylic acids is 1. The molecule has 0 aromatic heterocycles. The van der Waals surface area contributed by atoms with Crippen LogP contribution in [0.15, 0.2) is 0 Å². The summed E-state index contributed by atoms with van der Waals surface area (Å²) in [7, 11) is 0. The van der Waals surface area contributed by atoms with Crippen molar-refractivity contribution >= 4 is 6.29 Å². The molecule has 0 N–H and O–H groups in total. The largest absolute Gasteiger partial charge is 0.289 e. The van der Waals surface area contributed by atoms with Crippen LogP contribution in [-0.4, -0.2) is 6.29 Å². The number of unbranched alkanes of at least 4 members (excludes halogenated alkanes) is 4. The standard InChI is InChI=1S/C14H24O/c1-3-5-7-8-11-14(10-6-4-2)12-9-13-15/h13-14H,3-8,10-11H2,1-2H3. The van der Waals surface area contributed by atoms with E-state index in [1.807, 2.05) is 0 Å². The molecule has 86 valence electrons. The number of hydrogen-bond donors (Lipinski definition) is 0. The monoisotopic (exact) mass is 208 g/mol. The van der Waals surface area contributed by atoms with Gasteiger partial charge in [-0.15, -0.1) is 0 Å². The summed E-state index contributed by atoms with van der Waals surface area (Å²) in [6.07, 6.45) is 10.6. The third-order valence-corrected chi connectivity index (χ3v) is 2.66. The summed E-state index contributed by atoms with van der Waals surface area (Å²) in [5, 5.41) is 0. The maximum Gasteiger partial charge on any atom is 0.192 e. The maximum atomic E-state index is 10.2. The Hall–Kier alpha value is -0.770. The van der Waals surface area contributed by atoms with Crippen LogP contribution in [0.25, 0.3) is 0 Å². The van der Waals surface area contributed by atoms with E-state index in [0.717, 1.165) is 6.42 Å². The average molecular weight is 208 g/mol. The van der Waals surface area contributed by atoms with E-state index >= 15 is 0 Å². The Morgan fingerprint density at radius 3 is 2.27 bits per heavy atom. The molecule has 0 saturated heterocycles. The first-order valence-corrected chi connectivity index (χ1v) is 6.29. The van der Waals surface area contributed by atoms with Gasteiger partial charge in [0.25, 0.3) is 0 Å². The van der Waals surface area contributed by atoms with Gasteiger partial charge >= 0.3 is 0 Å². The summed E-state index contributed by atoms with van der Waals surface area (Å²) in [5.41, 5.74) is 0. The molecule has 0 spiro atoms. The van der Waals surface area contributed by atoms with Crippen molar-refractivity contribution in [1.29, 1.82) is 0 Å². The summed E-state index contributed by atoms with van der Waals surface area (Å²) < 4.78 is 0. The SMILES string of the molecule is CCCCCCC(C#CC=O)CCCC. The Balaban J connectivity index is 3.74. The second-order valence-electron chi connectivity index (χ2n) is 4.10. The van der Waals surface area contributed by atoms with Gasteiger partial charge in [0.15, 0.2) is 6.29 Å². The van der Waals surface area contributed by atoms with Crippen LogP contribution >= 0.6 is 0 Å². The van der Waals surface area contributed by atoms with Gasteiger partial charge in [-0.25, -0.2) is 0 Å². The van der Waals surface area contributed by atoms with Crippen LogP contribution in [0.2, 0.25) is 0 Å². The molecule has 0 heterocycles. The first-order valence-electron chi connectivity index (χ1n) is 6.29. The molecule has 0 amide bonds. The van der Waals surface area contributed by atoms with E-state index in [9.17, 15) is 4.79 Å². The van der Waals surface area contributed by atoms with Crippen molar-refractivity contribution in [2.24, 2.45) is 5.92 Å². The van der Waals surface area contributed by atoms with Crippen LogP contribution in [0.5, 0.6) is 0 Å². The van der Waals surface area contributed by atoms with Gasteiger partial charge in [-0.3, -0.25) is 4.79 Å². The predicted molar refractivity (Wildman–Crippen MR) is 65.6 cm³/mol. The summed E-state index contributed by atoms with van der Waals surface area (Å²) in [6, 6.07) is 0. The zero-order valence-electron chi connectivity index (χ0n) is 10.2. The lowest BCUT2D eigenvalue weighted by atomic mass is 9.96. The maximum absolute atomic E-state index is 10.2. The van der Waals surface area contributed by atoms with E-state index < -0.39 is 0 Å². The van der Waals surface area contributed by atoms with Gasteiger partial charge in [0.1, 0.15) is 0 Å². The minimum absolute atomic E-state index is 0.451. The highest BCUT2D eigenvalue weighted by molar-refractivity contribution is 5.72. The molecule has 1 atom stereocenters. The molecule has 0 saturated carbocycles. The van der Waals surface area contributed by atoms with E-state index in [2.05, 4.69) is 25.7 Å². The lowest BCUT2D eigenvalue weighted by molar-refractivity contribution is -0.103. The van der Waals surface area contributed by atoms with E-state index in [1.165, 1.54) is 44.9 Å². The summed E-state index contributed by atoms with van der Waals surface area (Å²) in [6.45, 7) is 4.42. The van der Waals surface area contributed by atoms with Gasteiger partial charge in [-0.1, -0.05) is 58.3 Å². The molecule has 15 heavy (non-hydrogen) atoms. The van der Waals surface area contributed by atoms with Gasteiger partial charge < -0.3 is 0 Å². The van der Waals surface area contributed by atoms with Crippen LogP contribution in [0.4, 0.5) is 0 Å². The molecule has 0 radical (unpaired) electrons. The second kappa shape index (κ2) is 11.3. The number of aldehydes is 1. The summed E-state index contributed by atoms with van der Waals surface area (Å²) in [5.74, 6) is 6.08. The first kappa shape index (κ1) is 14.2. The topological polar surface area (TPSA) is 17.1 Å². The van der Waals surface area contributed by atoms with Gasteiger partial charge in [0, 0.05) is 5.92 Å². The van der Waals surface area contributed by atoms with Gasteiger partial charge in [0.2, 0.25) is 0 Å². The normalized spacial score (nSPS) is 11.6. The minimum Gasteiger partial charge on any atom is -0.289 e. The summed E-state index contributed by atoms with van der Waals surface area (Å²) >= 11 is 0. The number of rotatable bonds is 8. The summed E-state index contributed by atoms with van der Waals surface area (Å²) in [4.78, 5) is 10.2. The average Bonchev–Trinajstić information content (AvgIpc) is 2.27. The molecular weight excluding hydrogens is 184 g/mol. The highest BCUT2D eigenvalue weighted by atomic mass is 16.1. The molecular formula is C14H24O. The van der Waals surface area contributed by atoms with Crippen molar-refractivity contribution in [3.8, 4) is 11.8 Å². The Labute approximate surface area is 94.6 Å². The molecule has 0 aromatic rings. The Bertz CT molecular complexity index is 197. The van der Waals surface area contributed by atoms with Crippen molar-refractivity contribution in [2.45, 2.75) is 65.2 Å². The fourth-order valence-electron chi connectivity index (χ4n) is 1.71. The second-order valence-corrected chi connectivity index (χ2v) is 4.10. The Morgan fingerprint density at radius 1 is 1.00 bits per heavy atom. The highest BCUT2D eigenvalue weighted by Crippen LogP contribution is 2.16. The van der Waals surface area contributed by atoms with Gasteiger partial charge in [0.05, 0.1) is 0 Å². The number of hydrogen-bond acceptors (Lipinski definition) is 1. The Morgan fingerprint density at radius 2 is 1.67 bits per heavy atom. The molecule has 0 bridgehead atoms. The van der Waals surface area contributed by atoms with Gasteiger partial charge in [-0.2, -0.15) is 0 Å². The van der Waals surface area contributed by atoms with Gasteiger partial charge in [-0.05, 0) is 18.8 Å². The lowest BCUT2D eigenvalue weighted by Gasteiger charge is -2.09. The van der Waals surface area contributed by atoms with E-state index in [4.69, 9.17) is 0 Å². The third-order valence-electron chi connectivity index (χ3n) is 2.66. The molecule has 0 rings (SSSR count). The molecule has 0 aromatic carbocycles. The minimum atomic E-state index is 0.451. The molecule has 0 aliphatic rings. The van der Waals surface area contributed by atoms with Crippen LogP contribution < -0.4 is 0 Å². The molecule has 0 aliphatic heterocycles. The fraction of sp³-hybridized carbons (Fsp3) is 0.786. The predicted octanol–water partition coefficient (Wildman–Crippen LogP) is 3.97. The smallest absolute Gasteiger partial charge is 0.192 e. The van der Waals surface area contributed by atoms with Crippen molar-refractivity contribution in [2.75, 3.05) is 0 Å².